The van der Waals surface area contributed by atoms with Crippen molar-refractivity contribution in [3.8, 4) is 5.75 Å². The van der Waals surface area contributed by atoms with Crippen LogP contribution < -0.4 is 15.8 Å². The molecule has 1 atom stereocenters. The van der Waals surface area contributed by atoms with E-state index in [0.717, 1.165) is 17.9 Å². The van der Waals surface area contributed by atoms with Gasteiger partial charge < -0.3 is 25.3 Å². The van der Waals surface area contributed by atoms with Gasteiger partial charge in [0.05, 0.1) is 43.9 Å². The highest BCUT2D eigenvalue weighted by atomic mass is 16.6. The molecule has 2 rings (SSSR count). The zero-order valence-electron chi connectivity index (χ0n) is 11.4. The number of hydrogen-bond donors (Lipinski definition) is 2. The van der Waals surface area contributed by atoms with Crippen molar-refractivity contribution in [3.63, 3.8) is 0 Å². The Morgan fingerprint density at radius 1 is 1.42 bits per heavy atom. The highest BCUT2D eigenvalue weighted by Gasteiger charge is 2.14. The largest absolute Gasteiger partial charge is 0.491 e. The summed E-state index contributed by atoms with van der Waals surface area (Å²) in [5.74, 6) is 0.729. The van der Waals surface area contributed by atoms with Crippen LogP contribution in [0.4, 0.5) is 11.4 Å². The standard InChI is InChI=1S/C14H22N2O3/c1-2-6-19-13-5-3-4-12(14(13)15)16-9-11-10-17-7-8-18-11/h3-5,11,16H,2,6-10,15H2,1H3. The summed E-state index contributed by atoms with van der Waals surface area (Å²) in [4.78, 5) is 0. The van der Waals surface area contributed by atoms with Crippen molar-refractivity contribution in [3.05, 3.63) is 18.2 Å². The molecule has 1 heterocycles. The number of rotatable bonds is 6. The molecule has 0 saturated carbocycles. The number of benzene rings is 1. The van der Waals surface area contributed by atoms with E-state index in [-0.39, 0.29) is 6.10 Å². The predicted molar refractivity (Wildman–Crippen MR) is 75.7 cm³/mol. The molecule has 0 spiro atoms. The average Bonchev–Trinajstić information content (AvgIpc) is 2.46. The van der Waals surface area contributed by atoms with Crippen LogP contribution in [0, 0.1) is 0 Å². The summed E-state index contributed by atoms with van der Waals surface area (Å²) in [5.41, 5.74) is 7.60. The van der Waals surface area contributed by atoms with E-state index in [1.165, 1.54) is 0 Å². The molecular weight excluding hydrogens is 244 g/mol. The van der Waals surface area contributed by atoms with Gasteiger partial charge in [0.1, 0.15) is 5.75 Å². The van der Waals surface area contributed by atoms with Gasteiger partial charge in [-0.3, -0.25) is 0 Å². The number of anilines is 2. The summed E-state index contributed by atoms with van der Waals surface area (Å²) < 4.78 is 16.5. The minimum Gasteiger partial charge on any atom is -0.491 e. The smallest absolute Gasteiger partial charge is 0.144 e. The third-order valence-corrected chi connectivity index (χ3v) is 2.93. The van der Waals surface area contributed by atoms with Crippen molar-refractivity contribution in [1.29, 1.82) is 0 Å². The summed E-state index contributed by atoms with van der Waals surface area (Å²) in [5, 5.41) is 3.29. The number of nitrogens with two attached hydrogens (primary N) is 1. The van der Waals surface area contributed by atoms with Crippen LogP contribution in [0.2, 0.25) is 0 Å². The van der Waals surface area contributed by atoms with Crippen molar-refractivity contribution < 1.29 is 14.2 Å². The monoisotopic (exact) mass is 266 g/mol. The van der Waals surface area contributed by atoms with E-state index >= 15 is 0 Å². The Morgan fingerprint density at radius 3 is 3.05 bits per heavy atom. The van der Waals surface area contributed by atoms with E-state index in [4.69, 9.17) is 19.9 Å². The average molecular weight is 266 g/mol. The van der Waals surface area contributed by atoms with Crippen LogP contribution in [-0.4, -0.2) is 39.1 Å². The second kappa shape index (κ2) is 7.21. The van der Waals surface area contributed by atoms with E-state index in [1.54, 1.807) is 0 Å². The molecule has 1 aromatic carbocycles. The highest BCUT2D eigenvalue weighted by molar-refractivity contribution is 5.72. The number of hydrogen-bond acceptors (Lipinski definition) is 5. The van der Waals surface area contributed by atoms with Crippen LogP contribution in [0.15, 0.2) is 18.2 Å². The Morgan fingerprint density at radius 2 is 2.32 bits per heavy atom. The molecule has 1 aliphatic heterocycles. The Balaban J connectivity index is 1.91. The van der Waals surface area contributed by atoms with Crippen molar-refractivity contribution in [2.24, 2.45) is 0 Å². The van der Waals surface area contributed by atoms with Crippen molar-refractivity contribution >= 4 is 11.4 Å². The molecule has 1 saturated heterocycles. The number of nitrogen functional groups attached to an aromatic ring is 1. The molecule has 0 aliphatic carbocycles. The van der Waals surface area contributed by atoms with Crippen molar-refractivity contribution in [2.45, 2.75) is 19.4 Å². The van der Waals surface area contributed by atoms with Gasteiger partial charge in [0.15, 0.2) is 0 Å². The maximum Gasteiger partial charge on any atom is 0.144 e. The Kier molecular flexibility index (Phi) is 5.30. The molecule has 5 nitrogen and oxygen atoms in total. The second-order valence-corrected chi connectivity index (χ2v) is 4.51. The van der Waals surface area contributed by atoms with Gasteiger partial charge in [0.25, 0.3) is 0 Å². The fourth-order valence-corrected chi connectivity index (χ4v) is 1.91. The quantitative estimate of drug-likeness (QED) is 0.770. The third-order valence-electron chi connectivity index (χ3n) is 2.93. The van der Waals surface area contributed by atoms with E-state index in [9.17, 15) is 0 Å². The van der Waals surface area contributed by atoms with Gasteiger partial charge >= 0.3 is 0 Å². The van der Waals surface area contributed by atoms with Crippen molar-refractivity contribution in [2.75, 3.05) is 44.0 Å². The van der Waals surface area contributed by atoms with Gasteiger partial charge in [0, 0.05) is 6.54 Å². The van der Waals surface area contributed by atoms with E-state index in [1.807, 2.05) is 18.2 Å². The molecule has 3 N–H and O–H groups in total. The fraction of sp³-hybridized carbons (Fsp3) is 0.571. The first-order valence-corrected chi connectivity index (χ1v) is 6.75. The van der Waals surface area contributed by atoms with Crippen LogP contribution >= 0.6 is 0 Å². The molecule has 1 aromatic rings. The first kappa shape index (κ1) is 14.0. The molecule has 1 unspecified atom stereocenters. The maximum absolute atomic E-state index is 6.08. The van der Waals surface area contributed by atoms with Crippen LogP contribution in [0.3, 0.4) is 0 Å². The van der Waals surface area contributed by atoms with E-state index in [0.29, 0.717) is 38.7 Å². The topological polar surface area (TPSA) is 65.7 Å². The van der Waals surface area contributed by atoms with Gasteiger partial charge in [-0.2, -0.15) is 0 Å². The molecule has 0 amide bonds. The molecule has 1 aliphatic rings. The van der Waals surface area contributed by atoms with Gasteiger partial charge in [-0.05, 0) is 18.6 Å². The Labute approximate surface area is 114 Å². The van der Waals surface area contributed by atoms with Gasteiger partial charge in [0.2, 0.25) is 0 Å². The molecule has 0 bridgehead atoms. The first-order chi connectivity index (χ1) is 9.31. The highest BCUT2D eigenvalue weighted by Crippen LogP contribution is 2.29. The Hall–Kier alpha value is -1.46. The summed E-state index contributed by atoms with van der Waals surface area (Å²) >= 11 is 0. The number of ether oxygens (including phenoxy) is 3. The van der Waals surface area contributed by atoms with Crippen LogP contribution in [0.25, 0.3) is 0 Å². The summed E-state index contributed by atoms with van der Waals surface area (Å²) in [6, 6.07) is 5.76. The van der Waals surface area contributed by atoms with Gasteiger partial charge in [-0.1, -0.05) is 13.0 Å². The van der Waals surface area contributed by atoms with Gasteiger partial charge in [-0.25, -0.2) is 0 Å². The normalized spacial score (nSPS) is 19.1. The molecule has 5 heteroatoms. The SMILES string of the molecule is CCCOc1cccc(NCC2COCCO2)c1N. The molecule has 1 fully saturated rings. The van der Waals surface area contributed by atoms with Crippen LogP contribution in [-0.2, 0) is 9.47 Å². The molecule has 19 heavy (non-hydrogen) atoms. The number of para-hydroxylation sites is 1. The summed E-state index contributed by atoms with van der Waals surface area (Å²) in [6.07, 6.45) is 1.04. The molecule has 0 radical (unpaired) electrons. The van der Waals surface area contributed by atoms with Crippen LogP contribution in [0.5, 0.6) is 5.75 Å². The Bertz CT molecular complexity index is 392. The summed E-state index contributed by atoms with van der Waals surface area (Å²) in [7, 11) is 0. The van der Waals surface area contributed by atoms with Crippen molar-refractivity contribution in [1.82, 2.24) is 0 Å². The lowest BCUT2D eigenvalue weighted by molar-refractivity contribution is -0.0818. The molecular formula is C14H22N2O3. The lowest BCUT2D eigenvalue weighted by Gasteiger charge is -2.24. The van der Waals surface area contributed by atoms with Gasteiger partial charge in [-0.15, -0.1) is 0 Å². The molecule has 106 valence electrons. The van der Waals surface area contributed by atoms with Crippen LogP contribution in [0.1, 0.15) is 13.3 Å². The zero-order chi connectivity index (χ0) is 13.5. The summed E-state index contributed by atoms with van der Waals surface area (Å²) in [6.45, 7) is 5.38. The lowest BCUT2D eigenvalue weighted by Crippen LogP contribution is -2.34. The second-order valence-electron chi connectivity index (χ2n) is 4.51. The first-order valence-electron chi connectivity index (χ1n) is 6.75. The third kappa shape index (κ3) is 4.01. The minimum absolute atomic E-state index is 0.0772. The fourth-order valence-electron chi connectivity index (χ4n) is 1.91. The van der Waals surface area contributed by atoms with E-state index in [2.05, 4.69) is 12.2 Å². The predicted octanol–water partition coefficient (Wildman–Crippen LogP) is 1.88. The lowest BCUT2D eigenvalue weighted by atomic mass is 10.2. The number of nitrogens with one attached hydrogen (secondary N) is 1. The minimum atomic E-state index is 0.0772. The van der Waals surface area contributed by atoms with E-state index < -0.39 is 0 Å². The maximum atomic E-state index is 6.08. The molecule has 0 aromatic heterocycles. The zero-order valence-corrected chi connectivity index (χ0v) is 11.4.